The lowest BCUT2D eigenvalue weighted by atomic mass is 10.0. The molecule has 0 unspecified atom stereocenters. The van der Waals surface area contributed by atoms with Crippen LogP contribution in [-0.4, -0.2) is 57.2 Å². The van der Waals surface area contributed by atoms with E-state index in [9.17, 15) is 18.0 Å². The molecule has 1 aliphatic rings. The van der Waals surface area contributed by atoms with Gasteiger partial charge in [-0.15, -0.1) is 0 Å². The first-order chi connectivity index (χ1) is 14.8. The van der Waals surface area contributed by atoms with Crippen molar-refractivity contribution in [3.8, 4) is 0 Å². The third-order valence-electron chi connectivity index (χ3n) is 4.98. The summed E-state index contributed by atoms with van der Waals surface area (Å²) in [4.78, 5) is 26.9. The van der Waals surface area contributed by atoms with Crippen LogP contribution in [0, 0.1) is 0 Å². The zero-order valence-corrected chi connectivity index (χ0v) is 18.2. The maximum Gasteiger partial charge on any atom is 0.340 e. The molecule has 1 fully saturated rings. The lowest BCUT2D eigenvalue weighted by Gasteiger charge is -2.32. The van der Waals surface area contributed by atoms with Crippen molar-refractivity contribution in [2.24, 2.45) is 0 Å². The van der Waals surface area contributed by atoms with Gasteiger partial charge in [-0.05, 0) is 30.5 Å². The topological polar surface area (TPSA) is 105 Å². The minimum atomic E-state index is -3.55. The van der Waals surface area contributed by atoms with Crippen molar-refractivity contribution in [3.05, 3.63) is 65.7 Å². The van der Waals surface area contributed by atoms with Crippen LogP contribution in [0.25, 0.3) is 0 Å². The van der Waals surface area contributed by atoms with Crippen LogP contribution in [0.1, 0.15) is 28.8 Å². The first-order valence-corrected chi connectivity index (χ1v) is 12.0. The van der Waals surface area contributed by atoms with Gasteiger partial charge in [0.2, 0.25) is 10.0 Å². The number of ether oxygens (including phenoxy) is 1. The maximum atomic E-state index is 12.3. The van der Waals surface area contributed by atoms with E-state index in [0.29, 0.717) is 0 Å². The van der Waals surface area contributed by atoms with Crippen molar-refractivity contribution in [2.45, 2.75) is 25.4 Å². The van der Waals surface area contributed by atoms with Gasteiger partial charge in [0.25, 0.3) is 5.91 Å². The Hall–Kier alpha value is -2.91. The lowest BCUT2D eigenvalue weighted by Crippen LogP contribution is -2.45. The van der Waals surface area contributed by atoms with Gasteiger partial charge in [-0.2, -0.15) is 0 Å². The molecule has 1 amide bonds. The largest absolute Gasteiger partial charge is 0.452 e. The summed E-state index contributed by atoms with van der Waals surface area (Å²) in [6.45, 7) is 2.23. The molecule has 1 heterocycles. The quantitative estimate of drug-likeness (QED) is 0.602. The van der Waals surface area contributed by atoms with E-state index in [1.54, 1.807) is 12.1 Å². The average Bonchev–Trinajstić information content (AvgIpc) is 2.73. The van der Waals surface area contributed by atoms with Gasteiger partial charge in [0.15, 0.2) is 6.61 Å². The summed E-state index contributed by atoms with van der Waals surface area (Å²) < 4.78 is 30.3. The average molecular weight is 446 g/mol. The second-order valence-corrected chi connectivity index (χ2v) is 9.35. The van der Waals surface area contributed by atoms with E-state index in [-0.39, 0.29) is 23.2 Å². The summed E-state index contributed by atoms with van der Waals surface area (Å²) in [5.74, 6) is -1.14. The Morgan fingerprint density at radius 3 is 2.35 bits per heavy atom. The number of carbonyl (C=O) groups excluding carboxylic acids is 2. The number of rotatable bonds is 8. The predicted molar refractivity (Wildman–Crippen MR) is 118 cm³/mol. The van der Waals surface area contributed by atoms with Crippen molar-refractivity contribution in [2.75, 3.05) is 30.7 Å². The lowest BCUT2D eigenvalue weighted by molar-refractivity contribution is -0.125. The molecule has 0 atom stereocenters. The Balaban J connectivity index is 1.43. The molecule has 2 N–H and O–H groups in total. The molecule has 1 aliphatic heterocycles. The number of nitrogens with zero attached hydrogens (tertiary/aromatic N) is 1. The van der Waals surface area contributed by atoms with Gasteiger partial charge in [-0.25, -0.2) is 13.2 Å². The number of para-hydroxylation sites is 1. The highest BCUT2D eigenvalue weighted by Crippen LogP contribution is 2.17. The minimum Gasteiger partial charge on any atom is -0.452 e. The summed E-state index contributed by atoms with van der Waals surface area (Å²) in [7, 11) is -3.55. The number of amides is 1. The van der Waals surface area contributed by atoms with Gasteiger partial charge in [0.1, 0.15) is 0 Å². The Morgan fingerprint density at radius 2 is 1.68 bits per heavy atom. The first kappa shape index (κ1) is 22.8. The summed E-state index contributed by atoms with van der Waals surface area (Å²) in [6.07, 6.45) is 2.65. The molecule has 2 aromatic carbocycles. The summed E-state index contributed by atoms with van der Waals surface area (Å²) in [5.41, 5.74) is 1.43. The third kappa shape index (κ3) is 7.37. The van der Waals surface area contributed by atoms with E-state index in [2.05, 4.69) is 27.1 Å². The van der Waals surface area contributed by atoms with E-state index in [1.807, 2.05) is 18.2 Å². The molecule has 31 heavy (non-hydrogen) atoms. The van der Waals surface area contributed by atoms with Crippen LogP contribution >= 0.6 is 0 Å². The Labute approximate surface area is 182 Å². The number of sulfonamides is 1. The normalized spacial score (nSPS) is 15.3. The molecule has 8 nitrogen and oxygen atoms in total. The van der Waals surface area contributed by atoms with Crippen molar-refractivity contribution >= 4 is 27.6 Å². The molecule has 0 saturated carbocycles. The van der Waals surface area contributed by atoms with Crippen LogP contribution in [0.3, 0.4) is 0 Å². The maximum absolute atomic E-state index is 12.3. The van der Waals surface area contributed by atoms with Crippen molar-refractivity contribution in [1.29, 1.82) is 0 Å². The number of carbonyl (C=O) groups is 2. The molecule has 0 radical (unpaired) electrons. The molecular formula is C22H27N3O5S. The van der Waals surface area contributed by atoms with Crippen LogP contribution in [0.5, 0.6) is 0 Å². The number of anilines is 1. The Kier molecular flexibility index (Phi) is 7.64. The Bertz CT molecular complexity index is 1000. The number of likely N-dealkylation sites (tertiary alicyclic amines) is 1. The summed E-state index contributed by atoms with van der Waals surface area (Å²) >= 11 is 0. The third-order valence-corrected chi connectivity index (χ3v) is 5.57. The molecule has 0 spiro atoms. The molecule has 9 heteroatoms. The molecular weight excluding hydrogens is 418 g/mol. The van der Waals surface area contributed by atoms with Crippen molar-refractivity contribution < 1.29 is 22.7 Å². The van der Waals surface area contributed by atoms with Crippen LogP contribution < -0.4 is 10.0 Å². The molecule has 2 aromatic rings. The summed E-state index contributed by atoms with van der Waals surface area (Å²) in [5, 5.41) is 2.91. The first-order valence-electron chi connectivity index (χ1n) is 10.1. The number of esters is 1. The van der Waals surface area contributed by atoms with Crippen LogP contribution in [0.15, 0.2) is 54.6 Å². The van der Waals surface area contributed by atoms with E-state index >= 15 is 0 Å². The number of hydrogen-bond donors (Lipinski definition) is 2. The highest BCUT2D eigenvalue weighted by molar-refractivity contribution is 7.92. The predicted octanol–water partition coefficient (Wildman–Crippen LogP) is 2.00. The number of hydrogen-bond acceptors (Lipinski definition) is 6. The molecule has 3 rings (SSSR count). The van der Waals surface area contributed by atoms with E-state index in [4.69, 9.17) is 4.74 Å². The molecule has 166 valence electrons. The molecule has 0 aromatic heterocycles. The van der Waals surface area contributed by atoms with Gasteiger partial charge in [-0.1, -0.05) is 42.5 Å². The van der Waals surface area contributed by atoms with Crippen LogP contribution in [0.2, 0.25) is 0 Å². The summed E-state index contributed by atoms with van der Waals surface area (Å²) in [6, 6.07) is 16.4. The van der Waals surface area contributed by atoms with Gasteiger partial charge in [0.05, 0.1) is 17.5 Å². The monoisotopic (exact) mass is 445 g/mol. The molecule has 0 bridgehead atoms. The molecule has 0 aliphatic carbocycles. The highest BCUT2D eigenvalue weighted by atomic mass is 32.2. The van der Waals surface area contributed by atoms with Gasteiger partial charge in [0, 0.05) is 25.7 Å². The number of piperidine rings is 1. The van der Waals surface area contributed by atoms with Crippen LogP contribution in [0.4, 0.5) is 5.69 Å². The molecule has 1 saturated heterocycles. The Morgan fingerprint density at radius 1 is 1.03 bits per heavy atom. The zero-order valence-electron chi connectivity index (χ0n) is 17.4. The van der Waals surface area contributed by atoms with E-state index in [1.165, 1.54) is 17.7 Å². The van der Waals surface area contributed by atoms with Crippen molar-refractivity contribution in [3.63, 3.8) is 0 Å². The number of nitrogens with one attached hydrogen (secondary N) is 2. The smallest absolute Gasteiger partial charge is 0.340 e. The van der Waals surface area contributed by atoms with Crippen LogP contribution in [-0.2, 0) is 26.1 Å². The fraction of sp³-hybridized carbons (Fsp3) is 0.364. The highest BCUT2D eigenvalue weighted by Gasteiger charge is 2.22. The zero-order chi connectivity index (χ0) is 22.3. The fourth-order valence-corrected chi connectivity index (χ4v) is 4.08. The van der Waals surface area contributed by atoms with Gasteiger partial charge < -0.3 is 10.1 Å². The second kappa shape index (κ2) is 10.4. The fourth-order valence-electron chi connectivity index (χ4n) is 3.51. The van der Waals surface area contributed by atoms with E-state index in [0.717, 1.165) is 38.7 Å². The van der Waals surface area contributed by atoms with Gasteiger partial charge >= 0.3 is 5.97 Å². The van der Waals surface area contributed by atoms with Crippen molar-refractivity contribution in [1.82, 2.24) is 10.2 Å². The van der Waals surface area contributed by atoms with Gasteiger partial charge in [-0.3, -0.25) is 14.4 Å². The SMILES string of the molecule is CS(=O)(=O)Nc1ccccc1C(=O)OCC(=O)NC1CCN(Cc2ccccc2)CC1. The number of benzene rings is 2. The second-order valence-electron chi connectivity index (χ2n) is 7.60. The minimum absolute atomic E-state index is 0.0393. The van der Waals surface area contributed by atoms with E-state index < -0.39 is 22.6 Å². The standard InChI is InChI=1S/C22H27N3O5S/c1-31(28,29)24-20-10-6-5-9-19(20)22(27)30-16-21(26)23-18-11-13-25(14-12-18)15-17-7-3-2-4-8-17/h2-10,18,24H,11-16H2,1H3,(H,23,26).